The standard InChI is InChI=1S/C49H75N7OS/c1-7-11-14-16-18-20-22-24-26-28-35-55(36-29-27-25-23-21-19-17-15-12-8-2)49-52-44(41-33-31-38(5)32-34-41)47(58-49)51-43-39(6)42(37-50)48(57)56-46(43)53-45(54-56)40(10-4)30-13-9-3/h31-34,40H,7-30,35-36H2,1-6H3. The van der Waals surface area contributed by atoms with Gasteiger partial charge >= 0.3 is 0 Å². The minimum atomic E-state index is -0.430. The van der Waals surface area contributed by atoms with Crippen LogP contribution >= 0.6 is 11.3 Å². The van der Waals surface area contributed by atoms with Gasteiger partial charge in [0.2, 0.25) is 0 Å². The summed E-state index contributed by atoms with van der Waals surface area (Å²) in [6, 6.07) is 10.7. The topological polar surface area (TPSA) is 100 Å². The Balaban J connectivity index is 1.62. The molecular formula is C49H75N7OS. The maximum Gasteiger partial charge on any atom is 0.291 e. The van der Waals surface area contributed by atoms with Crippen molar-refractivity contribution in [1.82, 2.24) is 19.7 Å². The summed E-state index contributed by atoms with van der Waals surface area (Å²) in [5, 5.41) is 16.7. The molecule has 9 heteroatoms. The number of thiazole rings is 1. The Bertz CT molecular complexity index is 1740. The molecule has 0 radical (unpaired) electrons. The zero-order chi connectivity index (χ0) is 41.5. The van der Waals surface area contributed by atoms with E-state index in [2.05, 4.69) is 69.9 Å². The third-order valence-corrected chi connectivity index (χ3v) is 12.8. The van der Waals surface area contributed by atoms with Crippen molar-refractivity contribution in [2.45, 2.75) is 202 Å². The molecule has 1 aliphatic heterocycles. The van der Waals surface area contributed by atoms with Gasteiger partial charge in [0.1, 0.15) is 28.0 Å². The van der Waals surface area contributed by atoms with Crippen molar-refractivity contribution < 1.29 is 4.79 Å². The highest BCUT2D eigenvalue weighted by Gasteiger charge is 2.34. The van der Waals surface area contributed by atoms with Crippen LogP contribution in [0, 0.1) is 18.3 Å². The van der Waals surface area contributed by atoms with Gasteiger partial charge in [-0.05, 0) is 39.5 Å². The molecule has 8 nitrogen and oxygen atoms in total. The maximum atomic E-state index is 13.6. The lowest BCUT2D eigenvalue weighted by Crippen LogP contribution is -2.28. The summed E-state index contributed by atoms with van der Waals surface area (Å²) in [5.41, 5.74) is 4.15. The Kier molecular flexibility index (Phi) is 21.5. The number of carbonyl (C=O) groups excluding carboxylic acids is 1. The fraction of sp³-hybridized carbons (Fsp3) is 0.673. The SMILES string of the molecule is CCCCCCCCCCCCN(CCCCCCCCCCCC)c1nc(-c2ccc(C)cc2)c(N=C2C(C)=C(C#N)C(=O)n3nc(C(CC)CCCC)nc32)s1. The lowest BCUT2D eigenvalue weighted by atomic mass is 9.98. The second-order valence-corrected chi connectivity index (χ2v) is 17.7. The maximum absolute atomic E-state index is 13.6. The largest absolute Gasteiger partial charge is 0.348 e. The van der Waals surface area contributed by atoms with Crippen molar-refractivity contribution in [2.75, 3.05) is 18.0 Å². The quantitative estimate of drug-likeness (QED) is 0.0622. The molecular weight excluding hydrogens is 735 g/mol. The van der Waals surface area contributed by atoms with Crippen molar-refractivity contribution in [3.8, 4) is 17.3 Å². The van der Waals surface area contributed by atoms with Crippen LogP contribution in [0.5, 0.6) is 0 Å². The molecule has 1 atom stereocenters. The number of carbonyl (C=O) groups is 1. The number of anilines is 1. The third-order valence-electron chi connectivity index (χ3n) is 11.8. The number of aryl methyl sites for hydroxylation is 1. The summed E-state index contributed by atoms with van der Waals surface area (Å²) in [6.45, 7) is 14.8. The molecule has 318 valence electrons. The second-order valence-electron chi connectivity index (χ2n) is 16.7. The Morgan fingerprint density at radius 3 is 1.74 bits per heavy atom. The first-order chi connectivity index (χ1) is 28.4. The van der Waals surface area contributed by atoms with Crippen LogP contribution in [-0.2, 0) is 0 Å². The number of rotatable bonds is 30. The Hall–Kier alpha value is -3.64. The smallest absolute Gasteiger partial charge is 0.291 e. The summed E-state index contributed by atoms with van der Waals surface area (Å²) in [5.74, 6) is 0.785. The molecule has 2 aromatic heterocycles. The minimum absolute atomic E-state index is 0.0643. The highest BCUT2D eigenvalue weighted by atomic mass is 32.1. The molecule has 1 unspecified atom stereocenters. The van der Waals surface area contributed by atoms with E-state index in [1.54, 1.807) is 11.3 Å². The van der Waals surface area contributed by atoms with Gasteiger partial charge in [0.15, 0.2) is 16.8 Å². The van der Waals surface area contributed by atoms with Gasteiger partial charge in [0, 0.05) is 30.1 Å². The van der Waals surface area contributed by atoms with Crippen LogP contribution in [0.3, 0.4) is 0 Å². The first kappa shape index (κ1) is 47.0. The summed E-state index contributed by atoms with van der Waals surface area (Å²) in [4.78, 5) is 31.8. The van der Waals surface area contributed by atoms with E-state index >= 15 is 0 Å². The minimum Gasteiger partial charge on any atom is -0.348 e. The van der Waals surface area contributed by atoms with Gasteiger partial charge in [-0.1, -0.05) is 197 Å². The number of hydrogen-bond acceptors (Lipinski definition) is 8. The Morgan fingerprint density at radius 1 is 0.724 bits per heavy atom. The highest BCUT2D eigenvalue weighted by Crippen LogP contribution is 2.41. The van der Waals surface area contributed by atoms with Gasteiger partial charge < -0.3 is 4.90 Å². The summed E-state index contributed by atoms with van der Waals surface area (Å²) >= 11 is 1.62. The molecule has 0 aliphatic carbocycles. The van der Waals surface area contributed by atoms with Crippen LogP contribution in [0.4, 0.5) is 10.1 Å². The normalized spacial score (nSPS) is 14.0. The van der Waals surface area contributed by atoms with E-state index in [1.807, 2.05) is 6.92 Å². The van der Waals surface area contributed by atoms with Crippen molar-refractivity contribution in [2.24, 2.45) is 4.99 Å². The number of hydrogen-bond donors (Lipinski definition) is 0. The number of aromatic nitrogens is 4. The van der Waals surface area contributed by atoms with E-state index in [-0.39, 0.29) is 11.5 Å². The summed E-state index contributed by atoms with van der Waals surface area (Å²) in [6.07, 6.45) is 30.3. The van der Waals surface area contributed by atoms with Gasteiger partial charge in [0.25, 0.3) is 5.91 Å². The van der Waals surface area contributed by atoms with Crippen LogP contribution in [0.15, 0.2) is 40.4 Å². The lowest BCUT2D eigenvalue weighted by molar-refractivity contribution is 0.0941. The first-order valence-corrected chi connectivity index (χ1v) is 24.2. The Labute approximate surface area is 356 Å². The number of benzene rings is 1. The van der Waals surface area contributed by atoms with Crippen LogP contribution in [-0.4, -0.2) is 44.5 Å². The molecule has 0 amide bonds. The fourth-order valence-electron chi connectivity index (χ4n) is 7.98. The van der Waals surface area contributed by atoms with Gasteiger partial charge in [-0.15, -0.1) is 5.10 Å². The Morgan fingerprint density at radius 2 is 1.24 bits per heavy atom. The molecule has 1 aromatic carbocycles. The molecule has 0 fully saturated rings. The number of allylic oxidation sites excluding steroid dienone is 2. The zero-order valence-electron chi connectivity index (χ0n) is 37.2. The van der Waals surface area contributed by atoms with E-state index in [0.29, 0.717) is 22.9 Å². The van der Waals surface area contributed by atoms with Gasteiger partial charge in [-0.25, -0.2) is 15.0 Å². The van der Waals surface area contributed by atoms with Crippen LogP contribution in [0.1, 0.15) is 217 Å². The van der Waals surface area contributed by atoms with Crippen LogP contribution in [0.2, 0.25) is 0 Å². The molecule has 3 heterocycles. The van der Waals surface area contributed by atoms with E-state index in [4.69, 9.17) is 20.1 Å². The fourth-order valence-corrected chi connectivity index (χ4v) is 9.00. The summed E-state index contributed by atoms with van der Waals surface area (Å²) in [7, 11) is 0. The third kappa shape index (κ3) is 14.3. The molecule has 0 saturated heterocycles. The van der Waals surface area contributed by atoms with Gasteiger partial charge in [0.05, 0.1) is 0 Å². The second kappa shape index (κ2) is 26.5. The van der Waals surface area contributed by atoms with E-state index in [1.165, 1.54) is 126 Å². The predicted molar refractivity (Wildman–Crippen MR) is 246 cm³/mol. The van der Waals surface area contributed by atoms with Crippen molar-refractivity contribution in [3.63, 3.8) is 0 Å². The number of fused-ring (bicyclic) bond motifs is 1. The molecule has 0 saturated carbocycles. The average Bonchev–Trinajstić information content (AvgIpc) is 3.86. The zero-order valence-corrected chi connectivity index (χ0v) is 38.0. The van der Waals surface area contributed by atoms with E-state index in [9.17, 15) is 10.1 Å². The van der Waals surface area contributed by atoms with Gasteiger partial charge in [-0.2, -0.15) is 9.94 Å². The monoisotopic (exact) mass is 810 g/mol. The molecule has 3 aromatic rings. The highest BCUT2D eigenvalue weighted by molar-refractivity contribution is 7.19. The molecule has 0 N–H and O–H groups in total. The molecule has 4 rings (SSSR count). The average molecular weight is 810 g/mol. The summed E-state index contributed by atoms with van der Waals surface area (Å²) < 4.78 is 1.32. The number of nitriles is 1. The van der Waals surface area contributed by atoms with Gasteiger partial charge in [-0.3, -0.25) is 4.79 Å². The van der Waals surface area contributed by atoms with Crippen LogP contribution < -0.4 is 4.90 Å². The number of nitrogens with zero attached hydrogens (tertiary/aromatic N) is 7. The number of unbranched alkanes of at least 4 members (excludes halogenated alkanes) is 19. The lowest BCUT2D eigenvalue weighted by Gasteiger charge is -2.22. The predicted octanol–water partition coefficient (Wildman–Crippen LogP) is 14.7. The van der Waals surface area contributed by atoms with E-state index < -0.39 is 5.91 Å². The number of aliphatic imine (C=N–C) groups is 1. The molecule has 0 bridgehead atoms. The molecule has 1 aliphatic rings. The van der Waals surface area contributed by atoms with E-state index in [0.717, 1.165) is 73.0 Å². The van der Waals surface area contributed by atoms with Crippen molar-refractivity contribution in [1.29, 1.82) is 5.26 Å². The molecule has 58 heavy (non-hydrogen) atoms. The van der Waals surface area contributed by atoms with Crippen LogP contribution in [0.25, 0.3) is 11.3 Å². The molecule has 0 spiro atoms. The van der Waals surface area contributed by atoms with Crippen molar-refractivity contribution in [3.05, 3.63) is 52.6 Å². The first-order valence-electron chi connectivity index (χ1n) is 23.4. The van der Waals surface area contributed by atoms with Crippen molar-refractivity contribution >= 4 is 33.1 Å².